The summed E-state index contributed by atoms with van der Waals surface area (Å²) in [6.07, 6.45) is 0. The largest absolute Gasteiger partial charge is 0.494 e. The number of amides is 1. The van der Waals surface area contributed by atoms with Crippen LogP contribution in [0.2, 0.25) is 0 Å². The lowest BCUT2D eigenvalue weighted by molar-refractivity contribution is -0.120. The second kappa shape index (κ2) is 7.93. The van der Waals surface area contributed by atoms with Crippen molar-refractivity contribution in [2.24, 2.45) is 4.99 Å². The van der Waals surface area contributed by atoms with Crippen LogP contribution >= 0.6 is 11.3 Å². The lowest BCUT2D eigenvalue weighted by Gasteiger charge is -2.06. The molecule has 3 aromatic rings. The molecule has 146 valence electrons. The maximum Gasteiger partial charge on any atom is 0.286 e. The molecule has 0 fully saturated rings. The van der Waals surface area contributed by atoms with Crippen LogP contribution in [0.5, 0.6) is 23.0 Å². The Hall–Kier alpha value is -3.00. The zero-order chi connectivity index (χ0) is 19.5. The average Bonchev–Trinajstić information content (AvgIpc) is 3.28. The molecule has 2 aromatic carbocycles. The molecule has 2 heterocycles. The summed E-state index contributed by atoms with van der Waals surface area (Å²) in [7, 11) is 0. The number of aromatic nitrogens is 1. The molecule has 28 heavy (non-hydrogen) atoms. The highest BCUT2D eigenvalue weighted by molar-refractivity contribution is 7.16. The number of thiazole rings is 1. The molecular formula is C20H20N2O5S. The smallest absolute Gasteiger partial charge is 0.286 e. The number of ether oxygens (including phenoxy) is 4. The van der Waals surface area contributed by atoms with Gasteiger partial charge in [-0.2, -0.15) is 4.99 Å². The first kappa shape index (κ1) is 18.4. The molecule has 4 rings (SSSR count). The molecule has 0 N–H and O–H groups in total. The van der Waals surface area contributed by atoms with Crippen molar-refractivity contribution in [3.05, 3.63) is 41.2 Å². The predicted octanol–water partition coefficient (Wildman–Crippen LogP) is 3.36. The van der Waals surface area contributed by atoms with Gasteiger partial charge in [0.1, 0.15) is 11.5 Å². The Balaban J connectivity index is 1.53. The highest BCUT2D eigenvalue weighted by Gasteiger charge is 2.17. The van der Waals surface area contributed by atoms with Gasteiger partial charge in [0.2, 0.25) is 6.79 Å². The quantitative estimate of drug-likeness (QED) is 0.635. The summed E-state index contributed by atoms with van der Waals surface area (Å²) in [5, 5.41) is 0. The predicted molar refractivity (Wildman–Crippen MR) is 105 cm³/mol. The van der Waals surface area contributed by atoms with Crippen molar-refractivity contribution in [1.29, 1.82) is 0 Å². The Labute approximate surface area is 165 Å². The van der Waals surface area contributed by atoms with Gasteiger partial charge in [-0.25, -0.2) is 0 Å². The number of aryl methyl sites for hydroxylation is 1. The normalized spacial score (nSPS) is 13.1. The number of carbonyl (C=O) groups is 1. The van der Waals surface area contributed by atoms with Crippen molar-refractivity contribution in [2.45, 2.75) is 20.4 Å². The van der Waals surface area contributed by atoms with Crippen molar-refractivity contribution < 1.29 is 23.7 Å². The lowest BCUT2D eigenvalue weighted by atomic mass is 10.3. The van der Waals surface area contributed by atoms with E-state index in [4.69, 9.17) is 18.9 Å². The van der Waals surface area contributed by atoms with Gasteiger partial charge in [0, 0.05) is 18.7 Å². The van der Waals surface area contributed by atoms with Gasteiger partial charge in [-0.3, -0.25) is 4.79 Å². The number of hydrogen-bond donors (Lipinski definition) is 0. The van der Waals surface area contributed by atoms with Gasteiger partial charge in [-0.1, -0.05) is 11.3 Å². The molecule has 0 aliphatic carbocycles. The minimum atomic E-state index is -0.345. The number of rotatable bonds is 6. The molecule has 8 heteroatoms. The van der Waals surface area contributed by atoms with Gasteiger partial charge in [-0.15, -0.1) is 0 Å². The van der Waals surface area contributed by atoms with Crippen LogP contribution in [0, 0.1) is 0 Å². The summed E-state index contributed by atoms with van der Waals surface area (Å²) in [6.45, 7) is 5.33. The third kappa shape index (κ3) is 3.68. The van der Waals surface area contributed by atoms with Crippen molar-refractivity contribution in [1.82, 2.24) is 4.57 Å². The monoisotopic (exact) mass is 400 g/mol. The maximum atomic E-state index is 12.3. The van der Waals surface area contributed by atoms with E-state index in [1.165, 1.54) is 11.3 Å². The Morgan fingerprint density at radius 2 is 1.79 bits per heavy atom. The minimum Gasteiger partial charge on any atom is -0.494 e. The number of fused-ring (bicyclic) bond motifs is 2. The fourth-order valence-electron chi connectivity index (χ4n) is 2.93. The minimum absolute atomic E-state index is 0.130. The van der Waals surface area contributed by atoms with E-state index in [2.05, 4.69) is 4.99 Å². The molecule has 0 unspecified atom stereocenters. The van der Waals surface area contributed by atoms with Gasteiger partial charge >= 0.3 is 0 Å². The van der Waals surface area contributed by atoms with Crippen molar-refractivity contribution in [3.63, 3.8) is 0 Å². The standard InChI is InChI=1S/C20H20N2O5S/c1-3-22-15-9-16-17(27-12-26-16)10-18(15)28-20(22)21-19(23)11-25-14-7-5-13(6-8-14)24-4-2/h5-10H,3-4,11-12H2,1-2H3. The summed E-state index contributed by atoms with van der Waals surface area (Å²) < 4.78 is 24.8. The van der Waals surface area contributed by atoms with Crippen LogP contribution in [0.3, 0.4) is 0 Å². The molecule has 0 radical (unpaired) electrons. The SMILES string of the molecule is CCOc1ccc(OCC(=O)N=c2sc3cc4c(cc3n2CC)OCO4)cc1. The summed E-state index contributed by atoms with van der Waals surface area (Å²) in [4.78, 5) is 17.2. The Kier molecular flexibility index (Phi) is 5.21. The van der Waals surface area contributed by atoms with Crippen LogP contribution < -0.4 is 23.7 Å². The van der Waals surface area contributed by atoms with Crippen LogP contribution in [0.1, 0.15) is 13.8 Å². The van der Waals surface area contributed by atoms with Crippen LogP contribution in [0.15, 0.2) is 41.4 Å². The van der Waals surface area contributed by atoms with E-state index in [0.717, 1.165) is 16.0 Å². The maximum absolute atomic E-state index is 12.3. The van der Waals surface area contributed by atoms with Gasteiger partial charge < -0.3 is 23.5 Å². The molecule has 0 spiro atoms. The molecule has 1 aliphatic rings. The number of carbonyl (C=O) groups excluding carboxylic acids is 1. The van der Waals surface area contributed by atoms with Gasteiger partial charge in [0.05, 0.1) is 16.8 Å². The van der Waals surface area contributed by atoms with E-state index < -0.39 is 0 Å². The van der Waals surface area contributed by atoms with Crippen LogP contribution in [0.25, 0.3) is 10.2 Å². The third-order valence-corrected chi connectivity index (χ3v) is 5.25. The zero-order valence-corrected chi connectivity index (χ0v) is 16.5. The average molecular weight is 400 g/mol. The second-order valence-corrected chi connectivity index (χ2v) is 7.01. The Bertz CT molecular complexity index is 1070. The molecule has 0 saturated carbocycles. The number of benzene rings is 2. The number of nitrogens with zero attached hydrogens (tertiary/aromatic N) is 2. The summed E-state index contributed by atoms with van der Waals surface area (Å²) >= 11 is 1.44. The highest BCUT2D eigenvalue weighted by Crippen LogP contribution is 2.36. The molecule has 1 aliphatic heterocycles. The molecular weight excluding hydrogens is 380 g/mol. The van der Waals surface area contributed by atoms with Crippen LogP contribution in [-0.2, 0) is 11.3 Å². The first-order valence-corrected chi connectivity index (χ1v) is 9.85. The van der Waals surface area contributed by atoms with Gasteiger partial charge in [0.15, 0.2) is 22.9 Å². The fraction of sp³-hybridized carbons (Fsp3) is 0.300. The topological polar surface area (TPSA) is 71.3 Å². The van der Waals surface area contributed by atoms with Crippen molar-refractivity contribution in [3.8, 4) is 23.0 Å². The first-order valence-electron chi connectivity index (χ1n) is 9.04. The third-order valence-electron chi connectivity index (χ3n) is 4.21. The van der Waals surface area contributed by atoms with E-state index in [1.54, 1.807) is 24.3 Å². The molecule has 0 saturated heterocycles. The second-order valence-electron chi connectivity index (χ2n) is 6.00. The van der Waals surface area contributed by atoms with Crippen molar-refractivity contribution in [2.75, 3.05) is 20.0 Å². The van der Waals surface area contributed by atoms with Crippen LogP contribution in [-0.4, -0.2) is 30.5 Å². The van der Waals surface area contributed by atoms with Crippen molar-refractivity contribution >= 4 is 27.5 Å². The summed E-state index contributed by atoms with van der Waals surface area (Å²) in [5.41, 5.74) is 0.968. The molecule has 1 aromatic heterocycles. The molecule has 0 atom stereocenters. The summed E-state index contributed by atoms with van der Waals surface area (Å²) in [6, 6.07) is 11.0. The zero-order valence-electron chi connectivity index (χ0n) is 15.6. The van der Waals surface area contributed by atoms with E-state index >= 15 is 0 Å². The Morgan fingerprint density at radius 1 is 1.11 bits per heavy atom. The summed E-state index contributed by atoms with van der Waals surface area (Å²) in [5.74, 6) is 2.44. The Morgan fingerprint density at radius 3 is 2.46 bits per heavy atom. The van der Waals surface area contributed by atoms with E-state index in [0.29, 0.717) is 35.2 Å². The van der Waals surface area contributed by atoms with Gasteiger partial charge in [0.25, 0.3) is 5.91 Å². The van der Waals surface area contributed by atoms with E-state index in [-0.39, 0.29) is 19.3 Å². The lowest BCUT2D eigenvalue weighted by Crippen LogP contribution is -2.18. The molecule has 0 bridgehead atoms. The highest BCUT2D eigenvalue weighted by atomic mass is 32.1. The van der Waals surface area contributed by atoms with E-state index in [1.807, 2.05) is 30.5 Å². The number of hydrogen-bond acceptors (Lipinski definition) is 6. The fourth-order valence-corrected chi connectivity index (χ4v) is 4.05. The first-order chi connectivity index (χ1) is 13.7. The molecule has 7 nitrogen and oxygen atoms in total. The van der Waals surface area contributed by atoms with Crippen LogP contribution in [0.4, 0.5) is 0 Å². The van der Waals surface area contributed by atoms with Gasteiger partial charge in [-0.05, 0) is 38.1 Å². The van der Waals surface area contributed by atoms with E-state index in [9.17, 15) is 4.79 Å². The molecule has 1 amide bonds.